The molecular weight excluding hydrogens is 438 g/mol. The molecule has 0 aliphatic carbocycles. The summed E-state index contributed by atoms with van der Waals surface area (Å²) in [6, 6.07) is 18.1. The molecule has 8 heteroatoms. The molecule has 7 nitrogen and oxygen atoms in total. The summed E-state index contributed by atoms with van der Waals surface area (Å²) < 4.78 is 12.4. The lowest BCUT2D eigenvalue weighted by atomic mass is 10.0. The van der Waals surface area contributed by atoms with E-state index in [1.807, 2.05) is 30.3 Å². The zero-order valence-corrected chi connectivity index (χ0v) is 18.8. The molecule has 0 bridgehead atoms. The van der Waals surface area contributed by atoms with Crippen LogP contribution in [0, 0.1) is 0 Å². The number of fused-ring (bicyclic) bond motifs is 1. The Morgan fingerprint density at radius 3 is 2.61 bits per heavy atom. The Morgan fingerprint density at radius 1 is 1.12 bits per heavy atom. The molecule has 0 spiro atoms. The Morgan fingerprint density at radius 2 is 1.91 bits per heavy atom. The molecule has 2 heterocycles. The predicted molar refractivity (Wildman–Crippen MR) is 133 cm³/mol. The maximum atomic E-state index is 13.0. The number of methoxy groups -OCH3 is 1. The van der Waals surface area contributed by atoms with Gasteiger partial charge in [-0.2, -0.15) is 0 Å². The molecule has 33 heavy (non-hydrogen) atoms. The van der Waals surface area contributed by atoms with Gasteiger partial charge in [-0.3, -0.25) is 9.59 Å². The maximum absolute atomic E-state index is 13.0. The molecule has 0 unspecified atom stereocenters. The molecule has 0 atom stereocenters. The molecule has 2 aromatic carbocycles. The smallest absolute Gasteiger partial charge is 0.258 e. The minimum Gasteiger partial charge on any atom is -0.496 e. The number of pyridine rings is 1. The highest BCUT2D eigenvalue weighted by molar-refractivity contribution is 7.81. The molecule has 3 N–H and O–H groups in total. The number of ether oxygens (including phenoxy) is 1. The van der Waals surface area contributed by atoms with E-state index in [1.165, 1.54) is 19.4 Å². The minimum absolute atomic E-state index is 0.103. The molecule has 2 aromatic heterocycles. The highest BCUT2D eigenvalue weighted by atomic mass is 32.1. The molecule has 0 saturated heterocycles. The summed E-state index contributed by atoms with van der Waals surface area (Å²) in [7, 11) is 3.27. The Bertz CT molecular complexity index is 1450. The van der Waals surface area contributed by atoms with Crippen LogP contribution in [0.15, 0.2) is 81.7 Å². The second-order valence-electron chi connectivity index (χ2n) is 7.29. The van der Waals surface area contributed by atoms with E-state index < -0.39 is 5.91 Å². The third-order valence-corrected chi connectivity index (χ3v) is 5.54. The van der Waals surface area contributed by atoms with Gasteiger partial charge in [0.25, 0.3) is 11.5 Å². The molecular formula is C25H21N3O4S. The van der Waals surface area contributed by atoms with Crippen LogP contribution in [0.2, 0.25) is 0 Å². The van der Waals surface area contributed by atoms with Gasteiger partial charge in [0.15, 0.2) is 0 Å². The first kappa shape index (κ1) is 22.0. The summed E-state index contributed by atoms with van der Waals surface area (Å²) >= 11 is 5.39. The van der Waals surface area contributed by atoms with Crippen molar-refractivity contribution in [3.05, 3.63) is 88.6 Å². The molecule has 4 rings (SSSR count). The summed E-state index contributed by atoms with van der Waals surface area (Å²) in [4.78, 5) is 25.1. The van der Waals surface area contributed by atoms with E-state index in [9.17, 15) is 9.59 Å². The predicted octanol–water partition coefficient (Wildman–Crippen LogP) is 4.12. The number of furan rings is 1. The zero-order chi connectivity index (χ0) is 23.5. The molecule has 0 saturated carbocycles. The van der Waals surface area contributed by atoms with Crippen molar-refractivity contribution in [2.75, 3.05) is 12.4 Å². The molecule has 166 valence electrons. The van der Waals surface area contributed by atoms with Gasteiger partial charge in [-0.25, -0.2) is 0 Å². The minimum atomic E-state index is -0.688. The number of carbonyl (C=O) groups is 1. The first-order valence-corrected chi connectivity index (χ1v) is 10.4. The standard InChI is InChI=1S/C25H21N3O4S/c1-28-21-8-4-3-6-15(21)12-19(25(28)30)18-10-9-16(13-22(18)31-2)27-24(33)20(23(26)29)14-17-7-5-11-32-17/h3-14H,1-2H3,(H2,26,29)(H,27,33). The number of aromatic nitrogens is 1. The van der Waals surface area contributed by atoms with Gasteiger partial charge in [-0.1, -0.05) is 30.4 Å². The SMILES string of the molecule is COc1cc(NC(=S)C(=Cc2ccco2)C(N)=O)ccc1-c1cc2ccccc2n(C)c1=O. The first-order valence-electron chi connectivity index (χ1n) is 10.0. The Balaban J connectivity index is 1.70. The second kappa shape index (κ2) is 9.13. The maximum Gasteiger partial charge on any atom is 0.258 e. The lowest BCUT2D eigenvalue weighted by molar-refractivity contribution is -0.114. The molecule has 0 aliphatic rings. The van der Waals surface area contributed by atoms with E-state index >= 15 is 0 Å². The topological polar surface area (TPSA) is 99.5 Å². The number of benzene rings is 2. The highest BCUT2D eigenvalue weighted by Gasteiger charge is 2.16. The van der Waals surface area contributed by atoms with Crippen molar-refractivity contribution in [3.8, 4) is 16.9 Å². The average Bonchev–Trinajstić information content (AvgIpc) is 3.33. The van der Waals surface area contributed by atoms with E-state index in [0.717, 1.165) is 10.9 Å². The summed E-state index contributed by atoms with van der Waals surface area (Å²) in [5.74, 6) is 0.242. The number of carbonyl (C=O) groups excluding carboxylic acids is 1. The van der Waals surface area contributed by atoms with Crippen LogP contribution in [0.4, 0.5) is 5.69 Å². The van der Waals surface area contributed by atoms with Crippen molar-refractivity contribution in [1.82, 2.24) is 4.57 Å². The van der Waals surface area contributed by atoms with Crippen LogP contribution in [0.25, 0.3) is 28.1 Å². The van der Waals surface area contributed by atoms with E-state index in [0.29, 0.717) is 28.3 Å². The van der Waals surface area contributed by atoms with E-state index in [4.69, 9.17) is 27.1 Å². The molecule has 0 aliphatic heterocycles. The number of hydrogen-bond donors (Lipinski definition) is 2. The second-order valence-corrected chi connectivity index (χ2v) is 7.70. The average molecular weight is 460 g/mol. The van der Waals surface area contributed by atoms with Crippen LogP contribution >= 0.6 is 12.2 Å². The van der Waals surface area contributed by atoms with Crippen molar-refractivity contribution in [2.45, 2.75) is 0 Å². The number of thiocarbonyl (C=S) groups is 1. The van der Waals surface area contributed by atoms with Gasteiger partial charge in [-0.05, 0) is 47.9 Å². The van der Waals surface area contributed by atoms with E-state index in [1.54, 1.807) is 41.9 Å². The molecule has 0 fully saturated rings. The van der Waals surface area contributed by atoms with Gasteiger partial charge in [0, 0.05) is 24.4 Å². The number of aryl methyl sites for hydroxylation is 1. The summed E-state index contributed by atoms with van der Waals surface area (Å²) in [5, 5.41) is 3.94. The third-order valence-electron chi connectivity index (χ3n) is 5.22. The van der Waals surface area contributed by atoms with Crippen molar-refractivity contribution in [1.29, 1.82) is 0 Å². The molecule has 4 aromatic rings. The monoisotopic (exact) mass is 459 g/mol. The largest absolute Gasteiger partial charge is 0.496 e. The van der Waals surface area contributed by atoms with E-state index in [2.05, 4.69) is 5.32 Å². The molecule has 0 radical (unpaired) electrons. The van der Waals surface area contributed by atoms with Crippen molar-refractivity contribution < 1.29 is 13.9 Å². The number of primary amides is 1. The van der Waals surface area contributed by atoms with Crippen LogP contribution in [0.5, 0.6) is 5.75 Å². The fraction of sp³-hybridized carbons (Fsp3) is 0.0800. The lowest BCUT2D eigenvalue weighted by Crippen LogP contribution is -2.24. The van der Waals surface area contributed by atoms with Crippen molar-refractivity contribution >= 4 is 45.8 Å². The third kappa shape index (κ3) is 4.42. The number of nitrogens with zero attached hydrogens (tertiary/aromatic N) is 1. The van der Waals surface area contributed by atoms with Crippen LogP contribution in [-0.2, 0) is 11.8 Å². The quantitative estimate of drug-likeness (QED) is 0.332. The first-order chi connectivity index (χ1) is 15.9. The van der Waals surface area contributed by atoms with Gasteiger partial charge in [0.2, 0.25) is 0 Å². The van der Waals surface area contributed by atoms with Crippen LogP contribution in [0.1, 0.15) is 5.76 Å². The number of rotatable bonds is 6. The van der Waals surface area contributed by atoms with Crippen LogP contribution < -0.4 is 21.3 Å². The van der Waals surface area contributed by atoms with E-state index in [-0.39, 0.29) is 16.1 Å². The van der Waals surface area contributed by atoms with Crippen LogP contribution in [0.3, 0.4) is 0 Å². The summed E-state index contributed by atoms with van der Waals surface area (Å²) in [6.45, 7) is 0. The van der Waals surface area contributed by atoms with Gasteiger partial charge < -0.3 is 24.8 Å². The molecule has 1 amide bonds. The van der Waals surface area contributed by atoms with Gasteiger partial charge >= 0.3 is 0 Å². The summed E-state index contributed by atoms with van der Waals surface area (Å²) in [5.41, 5.74) is 8.04. The zero-order valence-electron chi connectivity index (χ0n) is 18.0. The van der Waals surface area contributed by atoms with Gasteiger partial charge in [-0.15, -0.1) is 0 Å². The number of para-hydroxylation sites is 1. The highest BCUT2D eigenvalue weighted by Crippen LogP contribution is 2.32. The number of nitrogens with one attached hydrogen (secondary N) is 1. The summed E-state index contributed by atoms with van der Waals surface area (Å²) in [6.07, 6.45) is 2.96. The normalized spacial score (nSPS) is 11.4. The number of hydrogen-bond acceptors (Lipinski definition) is 5. The fourth-order valence-electron chi connectivity index (χ4n) is 3.57. The van der Waals surface area contributed by atoms with Crippen molar-refractivity contribution in [2.24, 2.45) is 12.8 Å². The lowest BCUT2D eigenvalue weighted by Gasteiger charge is -2.15. The van der Waals surface area contributed by atoms with Gasteiger partial charge in [0.05, 0.1) is 30.0 Å². The Kier molecular flexibility index (Phi) is 6.10. The van der Waals surface area contributed by atoms with Crippen molar-refractivity contribution in [3.63, 3.8) is 0 Å². The van der Waals surface area contributed by atoms with Crippen LogP contribution in [-0.4, -0.2) is 22.6 Å². The fourth-order valence-corrected chi connectivity index (χ4v) is 3.85. The Hall–Kier alpha value is -4.17. The van der Waals surface area contributed by atoms with Gasteiger partial charge in [0.1, 0.15) is 16.5 Å². The number of nitrogens with two attached hydrogens (primary N) is 1. The number of anilines is 1. The number of amides is 1. The Labute approximate surface area is 195 Å².